The molecule has 0 aromatic heterocycles. The van der Waals surface area contributed by atoms with Gasteiger partial charge in [-0.1, -0.05) is 12.8 Å². The van der Waals surface area contributed by atoms with Crippen LogP contribution in [0, 0.1) is 35.5 Å². The van der Waals surface area contributed by atoms with Gasteiger partial charge in [-0.05, 0) is 93.3 Å². The van der Waals surface area contributed by atoms with E-state index in [1.54, 1.807) is 4.90 Å². The zero-order valence-electron chi connectivity index (χ0n) is 16.0. The van der Waals surface area contributed by atoms with E-state index in [0.29, 0.717) is 19.5 Å². The molecule has 5 rings (SSSR count). The molecule has 4 saturated carbocycles. The lowest BCUT2D eigenvalue weighted by molar-refractivity contribution is -0.0523. The molecule has 1 aliphatic heterocycles. The Kier molecular flexibility index (Phi) is 4.67. The molecule has 5 aliphatic rings. The van der Waals surface area contributed by atoms with Gasteiger partial charge in [0.25, 0.3) is 0 Å². The Hall–Kier alpha value is -0.770. The van der Waals surface area contributed by atoms with Crippen LogP contribution in [0.3, 0.4) is 0 Å². The fourth-order valence-electron chi connectivity index (χ4n) is 7.66. The molecule has 146 valence electrons. The van der Waals surface area contributed by atoms with Crippen molar-refractivity contribution < 1.29 is 14.6 Å². The number of ether oxygens (including phenoxy) is 1. The molecule has 8 atom stereocenters. The Labute approximate surface area is 157 Å². The summed E-state index contributed by atoms with van der Waals surface area (Å²) in [7, 11) is 0. The van der Waals surface area contributed by atoms with E-state index in [1.165, 1.54) is 51.4 Å². The highest BCUT2D eigenvalue weighted by molar-refractivity contribution is 5.68. The topological polar surface area (TPSA) is 49.8 Å². The Morgan fingerprint density at radius 2 is 1.54 bits per heavy atom. The molecule has 5 fully saturated rings. The summed E-state index contributed by atoms with van der Waals surface area (Å²) in [6, 6.07) is 0. The lowest BCUT2D eigenvalue weighted by atomic mass is 9.53. The maximum atomic E-state index is 12.4. The molecule has 4 aliphatic carbocycles. The summed E-state index contributed by atoms with van der Waals surface area (Å²) in [5, 5.41) is 9.63. The highest BCUT2D eigenvalue weighted by Crippen LogP contribution is 2.58. The third kappa shape index (κ3) is 3.06. The summed E-state index contributed by atoms with van der Waals surface area (Å²) in [5.74, 6) is 5.78. The van der Waals surface area contributed by atoms with Crippen molar-refractivity contribution in [3.8, 4) is 0 Å². The summed E-state index contributed by atoms with van der Waals surface area (Å²) in [6.07, 6.45) is 13.9. The number of rotatable bonds is 1. The molecule has 26 heavy (non-hydrogen) atoms. The van der Waals surface area contributed by atoms with Crippen molar-refractivity contribution in [1.29, 1.82) is 0 Å². The normalized spacial score (nSPS) is 47.8. The molecule has 0 aromatic rings. The smallest absolute Gasteiger partial charge is 0.410 e. The number of aliphatic hydroxyl groups excluding tert-OH is 1. The van der Waals surface area contributed by atoms with Gasteiger partial charge >= 0.3 is 6.09 Å². The summed E-state index contributed by atoms with van der Waals surface area (Å²) in [4.78, 5) is 14.1. The highest BCUT2D eigenvalue weighted by atomic mass is 16.6. The van der Waals surface area contributed by atoms with Crippen LogP contribution in [-0.2, 0) is 4.74 Å². The molecule has 0 radical (unpaired) electrons. The number of nitrogens with zero attached hydrogens (tertiary/aromatic N) is 1. The number of amides is 1. The summed E-state index contributed by atoms with van der Waals surface area (Å²) in [5.41, 5.74) is 0. The van der Waals surface area contributed by atoms with Crippen molar-refractivity contribution in [2.75, 3.05) is 13.1 Å². The number of fused-ring (bicyclic) bond motifs is 5. The molecule has 4 nitrogen and oxygen atoms in total. The van der Waals surface area contributed by atoms with Gasteiger partial charge in [-0.3, -0.25) is 0 Å². The van der Waals surface area contributed by atoms with Crippen LogP contribution in [-0.4, -0.2) is 41.4 Å². The largest absolute Gasteiger partial charge is 0.446 e. The third-order valence-corrected chi connectivity index (χ3v) is 8.79. The van der Waals surface area contributed by atoms with Crippen molar-refractivity contribution >= 4 is 6.09 Å². The first kappa shape index (κ1) is 17.3. The summed E-state index contributed by atoms with van der Waals surface area (Å²) < 4.78 is 5.85. The van der Waals surface area contributed by atoms with Crippen molar-refractivity contribution in [3.63, 3.8) is 0 Å². The molecule has 1 N–H and O–H groups in total. The van der Waals surface area contributed by atoms with Crippen LogP contribution in [0.1, 0.15) is 70.6 Å². The van der Waals surface area contributed by atoms with Gasteiger partial charge in [-0.2, -0.15) is 0 Å². The van der Waals surface area contributed by atoms with Crippen molar-refractivity contribution in [1.82, 2.24) is 4.90 Å². The van der Waals surface area contributed by atoms with Gasteiger partial charge in [0.1, 0.15) is 6.10 Å². The first-order chi connectivity index (χ1) is 12.7. The average molecular weight is 362 g/mol. The molecule has 0 bridgehead atoms. The number of hydrogen-bond acceptors (Lipinski definition) is 3. The first-order valence-electron chi connectivity index (χ1n) is 11.3. The molecule has 1 heterocycles. The molecule has 0 aromatic carbocycles. The van der Waals surface area contributed by atoms with E-state index < -0.39 is 0 Å². The van der Waals surface area contributed by atoms with Gasteiger partial charge in [0, 0.05) is 13.1 Å². The van der Waals surface area contributed by atoms with Gasteiger partial charge in [0.15, 0.2) is 0 Å². The number of hydrogen-bond donors (Lipinski definition) is 1. The van der Waals surface area contributed by atoms with Gasteiger partial charge in [0.05, 0.1) is 6.10 Å². The molecule has 8 unspecified atom stereocenters. The quantitative estimate of drug-likeness (QED) is 0.761. The van der Waals surface area contributed by atoms with E-state index in [1.807, 2.05) is 0 Å². The molecular weight excluding hydrogens is 326 g/mol. The minimum atomic E-state index is -0.362. The zero-order valence-corrected chi connectivity index (χ0v) is 16.0. The van der Waals surface area contributed by atoms with Gasteiger partial charge in [0.2, 0.25) is 0 Å². The maximum absolute atomic E-state index is 12.4. The summed E-state index contributed by atoms with van der Waals surface area (Å²) >= 11 is 0. The van der Waals surface area contributed by atoms with Gasteiger partial charge in [-0.15, -0.1) is 0 Å². The van der Waals surface area contributed by atoms with E-state index in [9.17, 15) is 9.90 Å². The van der Waals surface area contributed by atoms with Crippen LogP contribution in [0.4, 0.5) is 4.79 Å². The predicted octanol–water partition coefficient (Wildman–Crippen LogP) is 4.21. The Bertz CT molecular complexity index is 537. The van der Waals surface area contributed by atoms with Gasteiger partial charge in [-0.25, -0.2) is 4.79 Å². The lowest BCUT2D eigenvalue weighted by Gasteiger charge is -2.52. The molecule has 4 heteroatoms. The third-order valence-electron chi connectivity index (χ3n) is 8.79. The fraction of sp³-hybridized carbons (Fsp3) is 0.955. The second-order valence-corrected chi connectivity index (χ2v) is 9.97. The number of aliphatic hydroxyl groups is 1. The monoisotopic (exact) mass is 361 g/mol. The zero-order chi connectivity index (χ0) is 17.7. The van der Waals surface area contributed by atoms with Crippen LogP contribution in [0.15, 0.2) is 0 Å². The fourth-order valence-corrected chi connectivity index (χ4v) is 7.66. The molecule has 1 amide bonds. The van der Waals surface area contributed by atoms with E-state index in [-0.39, 0.29) is 18.3 Å². The predicted molar refractivity (Wildman–Crippen MR) is 99.6 cm³/mol. The SMILES string of the molecule is O=C(OC1CCC2C(CCC3C4CCCC4CCC23)C1)N1CCC(O)C1. The average Bonchev–Trinajstić information content (AvgIpc) is 3.29. The van der Waals surface area contributed by atoms with Crippen molar-refractivity contribution in [2.24, 2.45) is 35.5 Å². The Morgan fingerprint density at radius 1 is 0.808 bits per heavy atom. The van der Waals surface area contributed by atoms with Crippen molar-refractivity contribution in [3.05, 3.63) is 0 Å². The van der Waals surface area contributed by atoms with E-state index in [4.69, 9.17) is 4.74 Å². The Morgan fingerprint density at radius 3 is 2.31 bits per heavy atom. The van der Waals surface area contributed by atoms with Crippen molar-refractivity contribution in [2.45, 2.75) is 82.8 Å². The van der Waals surface area contributed by atoms with Crippen LogP contribution in [0.2, 0.25) is 0 Å². The van der Waals surface area contributed by atoms with E-state index >= 15 is 0 Å². The number of likely N-dealkylation sites (tertiary alicyclic amines) is 1. The van der Waals surface area contributed by atoms with Crippen LogP contribution < -0.4 is 0 Å². The van der Waals surface area contributed by atoms with E-state index in [0.717, 1.165) is 48.3 Å². The van der Waals surface area contributed by atoms with Crippen LogP contribution >= 0.6 is 0 Å². The molecule has 1 saturated heterocycles. The maximum Gasteiger partial charge on any atom is 0.410 e. The van der Waals surface area contributed by atoms with Gasteiger partial charge < -0.3 is 14.7 Å². The second kappa shape index (κ2) is 7.00. The molecule has 0 spiro atoms. The minimum absolute atomic E-state index is 0.112. The first-order valence-corrected chi connectivity index (χ1v) is 11.3. The summed E-state index contributed by atoms with van der Waals surface area (Å²) in [6.45, 7) is 1.09. The standard InChI is InChI=1S/C22H35NO3/c24-16-10-11-23(13-16)22(25)26-17-6-9-19-15(12-17)5-8-20-18-3-1-2-14(18)4-7-21(19)20/h14-21,24H,1-13H2. The van der Waals surface area contributed by atoms with Crippen LogP contribution in [0.25, 0.3) is 0 Å². The highest BCUT2D eigenvalue weighted by Gasteiger charge is 2.49. The lowest BCUT2D eigenvalue weighted by Crippen LogP contribution is -2.46. The van der Waals surface area contributed by atoms with Crippen LogP contribution in [0.5, 0.6) is 0 Å². The minimum Gasteiger partial charge on any atom is -0.446 e. The Balaban J connectivity index is 1.18. The van der Waals surface area contributed by atoms with E-state index in [2.05, 4.69) is 0 Å². The number of β-amino-alcohol motifs (C(OH)–C–C–N with tert-alkyl or cyclic N) is 1. The number of carbonyl (C=O) groups is 1. The second-order valence-electron chi connectivity index (χ2n) is 9.97. The molecular formula is C22H35NO3. The number of carbonyl (C=O) groups excluding carboxylic acids is 1.